The lowest BCUT2D eigenvalue weighted by molar-refractivity contribution is 0.440. The van der Waals surface area contributed by atoms with Crippen LogP contribution in [-0.4, -0.2) is 18.0 Å². The van der Waals surface area contributed by atoms with Gasteiger partial charge in [0, 0.05) is 27.9 Å². The number of aromatic nitrogens is 2. The van der Waals surface area contributed by atoms with E-state index in [2.05, 4.69) is 19.7 Å². The van der Waals surface area contributed by atoms with Gasteiger partial charge in [0.1, 0.15) is 11.4 Å². The number of pyridine rings is 1. The molecule has 1 aliphatic carbocycles. The van der Waals surface area contributed by atoms with Crippen LogP contribution in [0.1, 0.15) is 42.9 Å². The van der Waals surface area contributed by atoms with Gasteiger partial charge in [0.15, 0.2) is 5.43 Å². The fourth-order valence-electron chi connectivity index (χ4n) is 5.70. The number of nitrogens with zero attached hydrogens (tertiary/aromatic N) is 1. The molecule has 0 atom stereocenters. The second kappa shape index (κ2) is 8.49. The Morgan fingerprint density at radius 3 is 2.59 bits per heavy atom. The van der Waals surface area contributed by atoms with E-state index in [4.69, 9.17) is 6.42 Å². The summed E-state index contributed by atoms with van der Waals surface area (Å²) in [6.07, 6.45) is 9.83. The molecule has 186 valence electrons. The zero-order chi connectivity index (χ0) is 25.9. The monoisotopic (exact) mass is 514 g/mol. The van der Waals surface area contributed by atoms with Crippen LogP contribution in [0.3, 0.4) is 0 Å². The molecule has 0 saturated heterocycles. The van der Waals surface area contributed by atoms with Gasteiger partial charge < -0.3 is 13.7 Å². The van der Waals surface area contributed by atoms with Gasteiger partial charge >= 0.3 is 10.5 Å². The van der Waals surface area contributed by atoms with E-state index < -0.39 is 10.5 Å². The van der Waals surface area contributed by atoms with Crippen LogP contribution in [0.4, 0.5) is 3.89 Å². The SMILES string of the molecule is C#Cc1ccc2c(c1)[nH]c1c2c(=O)c2cc(C)c(-c3cccc(OS(=O)(=O)F)c3)cc2n1C1CCCC1. The van der Waals surface area contributed by atoms with Gasteiger partial charge in [-0.05, 0) is 72.9 Å². The number of aryl methyl sites for hydroxylation is 1. The standard InChI is InChI=1S/C29H23FN2O4S/c1-3-18-11-12-22-25(14-18)31-29-27(22)28(33)24-13-17(2)23(16-26(24)32(29)20-8-4-5-9-20)19-7-6-10-21(15-19)36-37(30,34)35/h1,6-7,10-16,20,31H,4-5,8-9H2,2H3. The summed E-state index contributed by atoms with van der Waals surface area (Å²) in [5, 5.41) is 2.10. The maximum absolute atomic E-state index is 13.9. The molecule has 8 heteroatoms. The molecule has 1 aliphatic rings. The highest BCUT2D eigenvalue weighted by atomic mass is 32.3. The normalized spacial score (nSPS) is 14.5. The molecule has 2 heterocycles. The van der Waals surface area contributed by atoms with Crippen LogP contribution >= 0.6 is 0 Å². The number of terminal acetylenes is 1. The molecule has 0 radical (unpaired) electrons. The van der Waals surface area contributed by atoms with E-state index in [1.165, 1.54) is 12.1 Å². The van der Waals surface area contributed by atoms with E-state index in [0.29, 0.717) is 16.3 Å². The van der Waals surface area contributed by atoms with Crippen molar-refractivity contribution in [1.82, 2.24) is 9.55 Å². The van der Waals surface area contributed by atoms with Crippen LogP contribution in [0.2, 0.25) is 0 Å². The molecule has 0 aliphatic heterocycles. The average molecular weight is 515 g/mol. The highest BCUT2D eigenvalue weighted by Gasteiger charge is 2.25. The van der Waals surface area contributed by atoms with Crippen LogP contribution in [0.25, 0.3) is 44.0 Å². The van der Waals surface area contributed by atoms with Gasteiger partial charge in [-0.2, -0.15) is 8.42 Å². The van der Waals surface area contributed by atoms with Crippen molar-refractivity contribution in [2.24, 2.45) is 0 Å². The number of benzene rings is 3. The van der Waals surface area contributed by atoms with Crippen LogP contribution in [0, 0.1) is 19.3 Å². The highest BCUT2D eigenvalue weighted by Crippen LogP contribution is 2.38. The summed E-state index contributed by atoms with van der Waals surface area (Å²) in [6.45, 7) is 1.90. The number of halogens is 1. The summed E-state index contributed by atoms with van der Waals surface area (Å²) in [5.74, 6) is 2.53. The molecule has 1 fully saturated rings. The lowest BCUT2D eigenvalue weighted by Gasteiger charge is -2.21. The fourth-order valence-corrected chi connectivity index (χ4v) is 6.03. The summed E-state index contributed by atoms with van der Waals surface area (Å²) in [4.78, 5) is 17.4. The quantitative estimate of drug-likeness (QED) is 0.225. The van der Waals surface area contributed by atoms with Crippen LogP contribution in [0.5, 0.6) is 5.75 Å². The van der Waals surface area contributed by atoms with Crippen molar-refractivity contribution >= 4 is 43.3 Å². The minimum Gasteiger partial charge on any atom is -0.358 e. The lowest BCUT2D eigenvalue weighted by atomic mass is 9.96. The molecule has 0 spiro atoms. The molecular weight excluding hydrogens is 491 g/mol. The molecule has 6 rings (SSSR count). The molecule has 2 aromatic heterocycles. The van der Waals surface area contributed by atoms with Crippen LogP contribution in [-0.2, 0) is 10.5 Å². The Kier molecular flexibility index (Phi) is 5.35. The van der Waals surface area contributed by atoms with Crippen molar-refractivity contribution in [3.63, 3.8) is 0 Å². The van der Waals surface area contributed by atoms with Crippen molar-refractivity contribution in [2.75, 3.05) is 0 Å². The molecule has 6 nitrogen and oxygen atoms in total. The first-order valence-electron chi connectivity index (χ1n) is 12.1. The van der Waals surface area contributed by atoms with Gasteiger partial charge in [0.25, 0.3) is 0 Å². The summed E-state index contributed by atoms with van der Waals surface area (Å²) < 4.78 is 41.9. The van der Waals surface area contributed by atoms with Gasteiger partial charge in [0.2, 0.25) is 0 Å². The molecule has 1 N–H and O–H groups in total. The Morgan fingerprint density at radius 1 is 1.08 bits per heavy atom. The molecule has 5 aromatic rings. The van der Waals surface area contributed by atoms with E-state index in [1.54, 1.807) is 12.1 Å². The Bertz CT molecular complexity index is 1940. The number of hydrogen-bond donors (Lipinski definition) is 1. The predicted octanol–water partition coefficient (Wildman–Crippen LogP) is 6.30. The molecular formula is C29H23FN2O4S. The van der Waals surface area contributed by atoms with Crippen molar-refractivity contribution in [3.8, 4) is 29.2 Å². The topological polar surface area (TPSA) is 81.2 Å². The third-order valence-corrected chi connectivity index (χ3v) is 7.68. The molecule has 3 aromatic carbocycles. The van der Waals surface area contributed by atoms with E-state index in [1.807, 2.05) is 37.3 Å². The number of hydrogen-bond acceptors (Lipinski definition) is 4. The first kappa shape index (κ1) is 23.3. The Balaban J connectivity index is 1.68. The second-order valence-electron chi connectivity index (χ2n) is 9.58. The van der Waals surface area contributed by atoms with Gasteiger partial charge in [-0.1, -0.05) is 40.8 Å². The Labute approximate surface area is 213 Å². The number of fused-ring (bicyclic) bond motifs is 4. The van der Waals surface area contributed by atoms with Gasteiger partial charge in [0.05, 0.1) is 10.9 Å². The second-order valence-corrected chi connectivity index (χ2v) is 10.5. The number of aromatic amines is 1. The van der Waals surface area contributed by atoms with Crippen molar-refractivity contribution in [2.45, 2.75) is 38.6 Å². The van der Waals surface area contributed by atoms with Crippen molar-refractivity contribution in [3.05, 3.63) is 75.9 Å². The van der Waals surface area contributed by atoms with E-state index in [0.717, 1.165) is 64.4 Å². The Hall–Kier alpha value is -4.09. The predicted molar refractivity (Wildman–Crippen MR) is 144 cm³/mol. The fraction of sp³-hybridized carbons (Fsp3) is 0.207. The molecule has 0 unspecified atom stereocenters. The third-order valence-electron chi connectivity index (χ3n) is 7.29. The van der Waals surface area contributed by atoms with Gasteiger partial charge in [-0.3, -0.25) is 4.79 Å². The van der Waals surface area contributed by atoms with Gasteiger partial charge in [-0.25, -0.2) is 0 Å². The highest BCUT2D eigenvalue weighted by molar-refractivity contribution is 7.81. The molecule has 37 heavy (non-hydrogen) atoms. The molecule has 0 bridgehead atoms. The van der Waals surface area contributed by atoms with Crippen LogP contribution < -0.4 is 9.61 Å². The zero-order valence-electron chi connectivity index (χ0n) is 20.0. The molecule has 1 saturated carbocycles. The number of nitrogens with one attached hydrogen (secondary N) is 1. The third kappa shape index (κ3) is 3.96. The zero-order valence-corrected chi connectivity index (χ0v) is 20.9. The summed E-state index contributed by atoms with van der Waals surface area (Å²) in [7, 11) is -5.15. The first-order chi connectivity index (χ1) is 17.7. The molecule has 0 amide bonds. The van der Waals surface area contributed by atoms with Crippen molar-refractivity contribution < 1.29 is 16.5 Å². The van der Waals surface area contributed by atoms with Crippen molar-refractivity contribution in [1.29, 1.82) is 0 Å². The largest absolute Gasteiger partial charge is 0.488 e. The first-order valence-corrected chi connectivity index (χ1v) is 13.4. The number of rotatable bonds is 4. The maximum Gasteiger partial charge on any atom is 0.488 e. The maximum atomic E-state index is 13.9. The number of H-pyrrole nitrogens is 1. The lowest BCUT2D eigenvalue weighted by Crippen LogP contribution is -2.14. The summed E-state index contributed by atoms with van der Waals surface area (Å²) >= 11 is 0. The smallest absolute Gasteiger partial charge is 0.358 e. The Morgan fingerprint density at radius 2 is 1.86 bits per heavy atom. The van der Waals surface area contributed by atoms with Gasteiger partial charge in [-0.15, -0.1) is 6.42 Å². The van der Waals surface area contributed by atoms with E-state index in [9.17, 15) is 17.1 Å². The minimum atomic E-state index is -5.15. The minimum absolute atomic E-state index is 0.0609. The summed E-state index contributed by atoms with van der Waals surface area (Å²) in [6, 6.07) is 16.0. The average Bonchev–Trinajstić information content (AvgIpc) is 3.51. The van der Waals surface area contributed by atoms with Crippen LogP contribution in [0.15, 0.2) is 59.4 Å². The van der Waals surface area contributed by atoms with E-state index >= 15 is 0 Å². The van der Waals surface area contributed by atoms with E-state index in [-0.39, 0.29) is 17.2 Å². The summed E-state index contributed by atoms with van der Waals surface area (Å²) in [5.41, 5.74) is 5.33.